The second kappa shape index (κ2) is 7.89. The number of anilines is 1. The fourth-order valence-corrected chi connectivity index (χ4v) is 2.20. The summed E-state index contributed by atoms with van der Waals surface area (Å²) in [4.78, 5) is 16.1. The molecule has 2 rings (SSSR count). The lowest BCUT2D eigenvalue weighted by molar-refractivity contribution is 0.181. The Kier molecular flexibility index (Phi) is 5.88. The molecule has 0 aliphatic carbocycles. The molecule has 0 atom stereocenters. The van der Waals surface area contributed by atoms with E-state index in [-0.39, 0.29) is 5.56 Å². The molecule has 0 unspecified atom stereocenters. The number of H-pyrrole nitrogens is 1. The third-order valence-corrected chi connectivity index (χ3v) is 3.63. The van der Waals surface area contributed by atoms with Gasteiger partial charge in [0.1, 0.15) is 16.6 Å². The summed E-state index contributed by atoms with van der Waals surface area (Å²) in [5, 5.41) is 13.9. The van der Waals surface area contributed by atoms with Gasteiger partial charge in [-0.3, -0.25) is 9.89 Å². The maximum absolute atomic E-state index is 12.0. The van der Waals surface area contributed by atoms with E-state index in [2.05, 4.69) is 41.5 Å². The summed E-state index contributed by atoms with van der Waals surface area (Å²) < 4.78 is 6.79. The summed E-state index contributed by atoms with van der Waals surface area (Å²) in [5.74, 6) is 0.851. The highest BCUT2D eigenvalue weighted by molar-refractivity contribution is 9.10. The second-order valence-electron chi connectivity index (χ2n) is 4.36. The van der Waals surface area contributed by atoms with E-state index < -0.39 is 0 Å². The molecule has 114 valence electrons. The molecular formula is C12H17BrN6O2. The van der Waals surface area contributed by atoms with Crippen molar-refractivity contribution in [2.75, 3.05) is 25.6 Å². The quantitative estimate of drug-likeness (QED) is 0.679. The van der Waals surface area contributed by atoms with Crippen LogP contribution in [0, 0.1) is 0 Å². The predicted octanol–water partition coefficient (Wildman–Crippen LogP) is 0.815. The summed E-state index contributed by atoms with van der Waals surface area (Å²) in [5.41, 5.74) is 0.513. The Morgan fingerprint density at radius 3 is 3.10 bits per heavy atom. The van der Waals surface area contributed by atoms with Crippen LogP contribution in [0.4, 0.5) is 5.69 Å². The number of nitrogens with one attached hydrogen (secondary N) is 2. The molecule has 0 bridgehead atoms. The van der Waals surface area contributed by atoms with Crippen LogP contribution in [-0.2, 0) is 17.7 Å². The number of hydrogen-bond donors (Lipinski definition) is 2. The highest BCUT2D eigenvalue weighted by Gasteiger charge is 2.08. The fourth-order valence-electron chi connectivity index (χ4n) is 1.76. The zero-order valence-corrected chi connectivity index (χ0v) is 13.3. The average Bonchev–Trinajstić information content (AvgIpc) is 3.00. The first-order valence-electron chi connectivity index (χ1n) is 6.55. The molecule has 0 aromatic carbocycles. The van der Waals surface area contributed by atoms with Crippen molar-refractivity contribution in [3.8, 4) is 0 Å². The lowest BCUT2D eigenvalue weighted by atomic mass is 10.3. The highest BCUT2D eigenvalue weighted by atomic mass is 79.9. The van der Waals surface area contributed by atoms with Crippen LogP contribution in [-0.4, -0.2) is 45.2 Å². The van der Waals surface area contributed by atoms with E-state index in [1.165, 1.54) is 11.0 Å². The Morgan fingerprint density at radius 1 is 1.52 bits per heavy atom. The van der Waals surface area contributed by atoms with Gasteiger partial charge in [0.2, 0.25) is 0 Å². The molecule has 0 fully saturated rings. The largest absolute Gasteiger partial charge is 0.383 e. The lowest BCUT2D eigenvalue weighted by Gasteiger charge is -2.10. The Bertz CT molecular complexity index is 613. The van der Waals surface area contributed by atoms with Gasteiger partial charge in [-0.25, -0.2) is 9.67 Å². The van der Waals surface area contributed by atoms with Crippen molar-refractivity contribution in [2.24, 2.45) is 0 Å². The number of hydrogen-bond acceptors (Lipinski definition) is 6. The topological polar surface area (TPSA) is 97.7 Å². The van der Waals surface area contributed by atoms with E-state index in [9.17, 15) is 4.79 Å². The highest BCUT2D eigenvalue weighted by Crippen LogP contribution is 2.16. The Morgan fingerprint density at radius 2 is 2.38 bits per heavy atom. The smallest absolute Gasteiger partial charge is 0.283 e. The molecule has 2 aromatic heterocycles. The molecule has 8 nitrogen and oxygen atoms in total. The standard InChI is InChI=1S/C12H17BrN6O2/c1-21-6-5-19-12(20)11(13)9(7-17-19)14-4-2-3-10-15-8-16-18-10/h7-8,14H,2-6H2,1H3,(H,15,16,18). The molecule has 2 aromatic rings. The van der Waals surface area contributed by atoms with Crippen LogP contribution in [0.2, 0.25) is 0 Å². The molecule has 0 radical (unpaired) electrons. The molecule has 2 heterocycles. The maximum atomic E-state index is 12.0. The van der Waals surface area contributed by atoms with Gasteiger partial charge in [0.05, 0.1) is 25.0 Å². The SMILES string of the molecule is COCCn1ncc(NCCCc2ncn[nH]2)c(Br)c1=O. The van der Waals surface area contributed by atoms with Crippen LogP contribution in [0.25, 0.3) is 0 Å². The van der Waals surface area contributed by atoms with Crippen molar-refractivity contribution in [3.63, 3.8) is 0 Å². The van der Waals surface area contributed by atoms with E-state index in [1.54, 1.807) is 13.3 Å². The van der Waals surface area contributed by atoms with E-state index in [1.807, 2.05) is 0 Å². The molecule has 0 saturated heterocycles. The number of halogens is 1. The number of aromatic nitrogens is 5. The van der Waals surface area contributed by atoms with Crippen LogP contribution < -0.4 is 10.9 Å². The van der Waals surface area contributed by atoms with Crippen molar-refractivity contribution < 1.29 is 4.74 Å². The van der Waals surface area contributed by atoms with E-state index in [0.29, 0.717) is 29.9 Å². The predicted molar refractivity (Wildman–Crippen MR) is 81.3 cm³/mol. The molecule has 0 aliphatic rings. The first-order chi connectivity index (χ1) is 10.2. The zero-order valence-electron chi connectivity index (χ0n) is 11.7. The van der Waals surface area contributed by atoms with Gasteiger partial charge >= 0.3 is 0 Å². The maximum Gasteiger partial charge on any atom is 0.283 e. The molecule has 2 N–H and O–H groups in total. The summed E-state index contributed by atoms with van der Waals surface area (Å²) >= 11 is 3.31. The van der Waals surface area contributed by atoms with Gasteiger partial charge in [-0.2, -0.15) is 10.2 Å². The number of aromatic amines is 1. The number of ether oxygens (including phenoxy) is 1. The molecule has 0 aliphatic heterocycles. The molecule has 0 spiro atoms. The summed E-state index contributed by atoms with van der Waals surface area (Å²) in [6.45, 7) is 1.59. The summed E-state index contributed by atoms with van der Waals surface area (Å²) in [6, 6.07) is 0. The second-order valence-corrected chi connectivity index (χ2v) is 5.15. The van der Waals surface area contributed by atoms with Crippen molar-refractivity contribution in [2.45, 2.75) is 19.4 Å². The lowest BCUT2D eigenvalue weighted by Crippen LogP contribution is -2.26. The van der Waals surface area contributed by atoms with Crippen LogP contribution in [0.1, 0.15) is 12.2 Å². The Labute approximate surface area is 130 Å². The average molecular weight is 357 g/mol. The minimum absolute atomic E-state index is 0.174. The summed E-state index contributed by atoms with van der Waals surface area (Å²) in [7, 11) is 1.59. The van der Waals surface area contributed by atoms with Crippen molar-refractivity contribution in [3.05, 3.63) is 33.2 Å². The van der Waals surface area contributed by atoms with Gasteiger partial charge in [-0.1, -0.05) is 0 Å². The monoisotopic (exact) mass is 356 g/mol. The van der Waals surface area contributed by atoms with Crippen LogP contribution in [0.15, 0.2) is 21.8 Å². The van der Waals surface area contributed by atoms with Gasteiger partial charge in [0.25, 0.3) is 5.56 Å². The number of rotatable bonds is 8. The van der Waals surface area contributed by atoms with Gasteiger partial charge < -0.3 is 10.1 Å². The minimum atomic E-state index is -0.174. The first kappa shape index (κ1) is 15.6. The van der Waals surface area contributed by atoms with Crippen molar-refractivity contribution >= 4 is 21.6 Å². The van der Waals surface area contributed by atoms with E-state index in [0.717, 1.165) is 18.7 Å². The van der Waals surface area contributed by atoms with Crippen molar-refractivity contribution in [1.82, 2.24) is 25.0 Å². The van der Waals surface area contributed by atoms with E-state index in [4.69, 9.17) is 4.74 Å². The molecule has 0 amide bonds. The molecule has 0 saturated carbocycles. The number of nitrogens with zero attached hydrogens (tertiary/aromatic N) is 4. The van der Waals surface area contributed by atoms with Crippen molar-refractivity contribution in [1.29, 1.82) is 0 Å². The number of aryl methyl sites for hydroxylation is 1. The molecular weight excluding hydrogens is 340 g/mol. The molecule has 21 heavy (non-hydrogen) atoms. The van der Waals surface area contributed by atoms with Crippen LogP contribution >= 0.6 is 15.9 Å². The summed E-state index contributed by atoms with van der Waals surface area (Å²) in [6.07, 6.45) is 4.79. The normalized spacial score (nSPS) is 10.8. The third-order valence-electron chi connectivity index (χ3n) is 2.86. The minimum Gasteiger partial charge on any atom is -0.383 e. The van der Waals surface area contributed by atoms with Gasteiger partial charge in [-0.15, -0.1) is 0 Å². The number of methoxy groups -OCH3 is 1. The van der Waals surface area contributed by atoms with Crippen LogP contribution in [0.5, 0.6) is 0 Å². The Hall–Kier alpha value is -1.74. The van der Waals surface area contributed by atoms with E-state index >= 15 is 0 Å². The zero-order chi connectivity index (χ0) is 15.1. The van der Waals surface area contributed by atoms with Gasteiger partial charge in [0, 0.05) is 20.1 Å². The van der Waals surface area contributed by atoms with Gasteiger partial charge in [-0.05, 0) is 22.4 Å². The van der Waals surface area contributed by atoms with Gasteiger partial charge in [0.15, 0.2) is 0 Å². The molecule has 9 heteroatoms. The first-order valence-corrected chi connectivity index (χ1v) is 7.34. The Balaban J connectivity index is 1.88. The third kappa shape index (κ3) is 4.36. The fraction of sp³-hybridized carbons (Fsp3) is 0.500. The van der Waals surface area contributed by atoms with Crippen LogP contribution in [0.3, 0.4) is 0 Å².